The first kappa shape index (κ1) is 22.3. The van der Waals surface area contributed by atoms with Gasteiger partial charge in [0, 0.05) is 25.0 Å². The summed E-state index contributed by atoms with van der Waals surface area (Å²) in [7, 11) is -3.40. The first-order valence-corrected chi connectivity index (χ1v) is 13.4. The zero-order chi connectivity index (χ0) is 20.7. The summed E-state index contributed by atoms with van der Waals surface area (Å²) in [5.74, 6) is 0.0321. The number of Topliss-reactive ketones (excluding diaryl/α,β-unsaturated/α-hetero) is 1. The van der Waals surface area contributed by atoms with Gasteiger partial charge in [0.15, 0.2) is 8.32 Å². The summed E-state index contributed by atoms with van der Waals surface area (Å²) < 4.78 is 32.3. The van der Waals surface area contributed by atoms with E-state index in [9.17, 15) is 13.2 Å². The van der Waals surface area contributed by atoms with Gasteiger partial charge in [-0.05, 0) is 42.8 Å². The summed E-state index contributed by atoms with van der Waals surface area (Å²) in [4.78, 5) is 13.3. The number of carbonyl (C=O) groups excluding carboxylic acids is 1. The number of benzene rings is 2. The molecule has 0 bridgehead atoms. The van der Waals surface area contributed by atoms with Gasteiger partial charge in [0.1, 0.15) is 11.5 Å². The Hall–Kier alpha value is -1.96. The molecule has 0 fully saturated rings. The van der Waals surface area contributed by atoms with Crippen molar-refractivity contribution in [1.29, 1.82) is 0 Å². The Bertz CT molecular complexity index is 856. The highest BCUT2D eigenvalue weighted by molar-refractivity contribution is 7.67. The highest BCUT2D eigenvalue weighted by atomic mass is 32.2. The van der Waals surface area contributed by atoms with Gasteiger partial charge in [0.25, 0.3) is 11.0 Å². The Labute approximate surface area is 170 Å². The molecule has 28 heavy (non-hydrogen) atoms. The number of hydrogen-bond acceptors (Lipinski definition) is 5. The summed E-state index contributed by atoms with van der Waals surface area (Å²) in [6.45, 7) is 6.21. The van der Waals surface area contributed by atoms with Gasteiger partial charge < -0.3 is 8.61 Å². The minimum absolute atomic E-state index is 0.0378. The van der Waals surface area contributed by atoms with Crippen LogP contribution in [0.5, 0.6) is 5.75 Å². The zero-order valence-corrected chi connectivity index (χ0v) is 18.6. The molecule has 2 unspecified atom stereocenters. The number of rotatable bonds is 10. The van der Waals surface area contributed by atoms with E-state index < -0.39 is 19.3 Å². The molecule has 0 aliphatic heterocycles. The Morgan fingerprint density at radius 1 is 1.04 bits per heavy atom. The molecule has 7 heteroatoms. The predicted molar refractivity (Wildman–Crippen MR) is 114 cm³/mol. The average Bonchev–Trinajstić information content (AvgIpc) is 2.67. The average molecular weight is 421 g/mol. The van der Waals surface area contributed by atoms with E-state index >= 15 is 0 Å². The summed E-state index contributed by atoms with van der Waals surface area (Å²) in [5, 5.41) is 0. The van der Waals surface area contributed by atoms with E-state index in [1.54, 1.807) is 25.3 Å². The third-order valence-corrected chi connectivity index (χ3v) is 8.84. The minimum Gasteiger partial charge on any atom is -0.420 e. The second kappa shape index (κ2) is 10.00. The lowest BCUT2D eigenvalue weighted by molar-refractivity contribution is -0.120. The van der Waals surface area contributed by atoms with E-state index in [0.717, 1.165) is 11.1 Å². The van der Waals surface area contributed by atoms with E-state index in [1.807, 2.05) is 43.3 Å². The SMILES string of the molecule is CCC(C(=O)CC(c1ccccc1)[Si](C)(C)OC)c1cccc(O[SH](=O)=O)c1. The molecule has 5 nitrogen and oxygen atoms in total. The van der Waals surface area contributed by atoms with Gasteiger partial charge in [0.05, 0.1) is 0 Å². The monoisotopic (exact) mass is 420 g/mol. The lowest BCUT2D eigenvalue weighted by Crippen LogP contribution is -2.39. The van der Waals surface area contributed by atoms with Crippen LogP contribution in [0.1, 0.15) is 42.4 Å². The van der Waals surface area contributed by atoms with Gasteiger partial charge in [-0.3, -0.25) is 4.79 Å². The van der Waals surface area contributed by atoms with Crippen molar-refractivity contribution in [2.24, 2.45) is 0 Å². The number of ketones is 1. The van der Waals surface area contributed by atoms with Crippen molar-refractivity contribution in [3.63, 3.8) is 0 Å². The van der Waals surface area contributed by atoms with Gasteiger partial charge in [-0.1, -0.05) is 49.4 Å². The van der Waals surface area contributed by atoms with E-state index in [2.05, 4.69) is 13.1 Å². The van der Waals surface area contributed by atoms with E-state index in [0.29, 0.717) is 12.8 Å². The molecule has 0 N–H and O–H groups in total. The molecule has 0 saturated heterocycles. The molecule has 2 atom stereocenters. The van der Waals surface area contributed by atoms with Crippen LogP contribution in [0.3, 0.4) is 0 Å². The molecule has 0 aliphatic rings. The molecule has 152 valence electrons. The first-order valence-electron chi connectivity index (χ1n) is 9.33. The summed E-state index contributed by atoms with van der Waals surface area (Å²) >= 11 is 0. The van der Waals surface area contributed by atoms with Crippen LogP contribution >= 0.6 is 0 Å². The predicted octanol–water partition coefficient (Wildman–Crippen LogP) is 4.22. The molecule has 0 radical (unpaired) electrons. The second-order valence-electron chi connectivity index (χ2n) is 7.29. The lowest BCUT2D eigenvalue weighted by atomic mass is 9.89. The van der Waals surface area contributed by atoms with Crippen molar-refractivity contribution in [3.05, 3.63) is 65.7 Å². The van der Waals surface area contributed by atoms with Gasteiger partial charge in [-0.15, -0.1) is 0 Å². The summed E-state index contributed by atoms with van der Waals surface area (Å²) in [6, 6.07) is 16.8. The minimum atomic E-state index is -2.99. The fourth-order valence-electron chi connectivity index (χ4n) is 3.46. The van der Waals surface area contributed by atoms with Crippen LogP contribution in [0.4, 0.5) is 0 Å². The van der Waals surface area contributed by atoms with Crippen molar-refractivity contribution >= 4 is 25.1 Å². The summed E-state index contributed by atoms with van der Waals surface area (Å²) in [5.41, 5.74) is 1.92. The standard InChI is InChI=1S/C21H28O5SSi/c1-5-19(17-12-9-13-18(14-17)26-27(23)24)20(22)15-21(28(3,4)25-2)16-10-7-6-8-11-16/h6-14,19,21,27H,5,15H2,1-4H3. The Balaban J connectivity index is 2.30. The molecule has 0 aliphatic carbocycles. The maximum atomic E-state index is 13.3. The highest BCUT2D eigenvalue weighted by Crippen LogP contribution is 2.34. The molecule has 2 rings (SSSR count). The van der Waals surface area contributed by atoms with Crippen molar-refractivity contribution in [2.75, 3.05) is 7.11 Å². The maximum Gasteiger partial charge on any atom is 0.299 e. The van der Waals surface area contributed by atoms with E-state index in [-0.39, 0.29) is 23.0 Å². The third-order valence-electron chi connectivity index (χ3n) is 5.21. The van der Waals surface area contributed by atoms with Gasteiger partial charge >= 0.3 is 0 Å². The van der Waals surface area contributed by atoms with Crippen molar-refractivity contribution in [2.45, 2.75) is 44.3 Å². The topological polar surface area (TPSA) is 69.7 Å². The quantitative estimate of drug-likeness (QED) is 0.460. The fraction of sp³-hybridized carbons (Fsp3) is 0.381. The molecular formula is C21H28O5SSi. The Kier molecular flexibility index (Phi) is 7.97. The maximum absolute atomic E-state index is 13.3. The molecule has 2 aromatic rings. The molecule has 0 aromatic heterocycles. The van der Waals surface area contributed by atoms with Crippen LogP contribution in [0.15, 0.2) is 54.6 Å². The largest absolute Gasteiger partial charge is 0.420 e. The van der Waals surface area contributed by atoms with Crippen molar-refractivity contribution < 1.29 is 21.8 Å². The van der Waals surface area contributed by atoms with Crippen LogP contribution in [0.2, 0.25) is 13.1 Å². The first-order chi connectivity index (χ1) is 13.3. The highest BCUT2D eigenvalue weighted by Gasteiger charge is 2.36. The van der Waals surface area contributed by atoms with Crippen LogP contribution in [-0.2, 0) is 20.2 Å². The Morgan fingerprint density at radius 3 is 2.25 bits per heavy atom. The molecular weight excluding hydrogens is 392 g/mol. The molecule has 0 amide bonds. The normalized spacial score (nSPS) is 13.9. The molecule has 2 aromatic carbocycles. The fourth-order valence-corrected chi connectivity index (χ4v) is 5.72. The van der Waals surface area contributed by atoms with E-state index in [1.165, 1.54) is 0 Å². The van der Waals surface area contributed by atoms with Crippen LogP contribution in [0, 0.1) is 0 Å². The lowest BCUT2D eigenvalue weighted by Gasteiger charge is -2.32. The van der Waals surface area contributed by atoms with Crippen molar-refractivity contribution in [1.82, 2.24) is 0 Å². The Morgan fingerprint density at radius 2 is 1.68 bits per heavy atom. The van der Waals surface area contributed by atoms with E-state index in [4.69, 9.17) is 8.61 Å². The van der Waals surface area contributed by atoms with Gasteiger partial charge in [0.2, 0.25) is 0 Å². The molecule has 0 heterocycles. The van der Waals surface area contributed by atoms with Crippen LogP contribution < -0.4 is 4.18 Å². The van der Waals surface area contributed by atoms with Gasteiger partial charge in [-0.25, -0.2) is 0 Å². The zero-order valence-electron chi connectivity index (χ0n) is 16.8. The number of hydrogen-bond donors (Lipinski definition) is 1. The number of thiol groups is 1. The molecule has 0 spiro atoms. The summed E-state index contributed by atoms with van der Waals surface area (Å²) in [6.07, 6.45) is 1.01. The van der Waals surface area contributed by atoms with Crippen LogP contribution in [0.25, 0.3) is 0 Å². The van der Waals surface area contributed by atoms with Crippen LogP contribution in [-0.4, -0.2) is 29.6 Å². The van der Waals surface area contributed by atoms with Gasteiger partial charge in [-0.2, -0.15) is 8.42 Å². The third kappa shape index (κ3) is 5.77. The molecule has 0 saturated carbocycles. The number of carbonyl (C=O) groups is 1. The van der Waals surface area contributed by atoms with Crippen molar-refractivity contribution in [3.8, 4) is 5.75 Å². The smallest absolute Gasteiger partial charge is 0.299 e. The second-order valence-corrected chi connectivity index (χ2v) is 12.2.